The molecule has 0 radical (unpaired) electrons. The third-order valence-corrected chi connectivity index (χ3v) is 8.49. The van der Waals surface area contributed by atoms with Gasteiger partial charge in [-0.1, -0.05) is 49.9 Å². The van der Waals surface area contributed by atoms with E-state index in [9.17, 15) is 22.8 Å². The van der Waals surface area contributed by atoms with Gasteiger partial charge in [-0.2, -0.15) is 10.1 Å². The molecule has 1 saturated heterocycles. The van der Waals surface area contributed by atoms with Gasteiger partial charge in [0.2, 0.25) is 5.91 Å². The first kappa shape index (κ1) is 30.4. The summed E-state index contributed by atoms with van der Waals surface area (Å²) in [6.07, 6.45) is -2.37. The molecule has 13 heteroatoms. The molecule has 1 aliphatic heterocycles. The number of amidine groups is 1. The Morgan fingerprint density at radius 3 is 2.49 bits per heavy atom. The monoisotopic (exact) mass is 634 g/mol. The molecule has 0 bridgehead atoms. The number of rotatable bonds is 7. The molecular weight excluding hydrogens is 605 g/mol. The van der Waals surface area contributed by atoms with E-state index in [2.05, 4.69) is 39.0 Å². The van der Waals surface area contributed by atoms with E-state index in [0.717, 1.165) is 28.8 Å². The van der Waals surface area contributed by atoms with E-state index < -0.39 is 12.4 Å². The third-order valence-electron chi connectivity index (χ3n) is 7.57. The number of alkyl halides is 3. The maximum Gasteiger partial charge on any atom is 0.573 e. The van der Waals surface area contributed by atoms with Crippen molar-refractivity contribution in [2.24, 2.45) is 4.99 Å². The molecule has 6 rings (SSSR count). The van der Waals surface area contributed by atoms with Gasteiger partial charge in [0, 0.05) is 11.6 Å². The number of hydrogen-bond acceptors (Lipinski definition) is 6. The zero-order valence-electron chi connectivity index (χ0n) is 24.6. The maximum atomic E-state index is 12.9. The summed E-state index contributed by atoms with van der Waals surface area (Å²) in [4.78, 5) is 35.9. The van der Waals surface area contributed by atoms with E-state index in [0.29, 0.717) is 22.4 Å². The molecule has 0 spiro atoms. The van der Waals surface area contributed by atoms with Crippen LogP contribution in [0.1, 0.15) is 60.5 Å². The average molecular weight is 635 g/mol. The molecule has 2 atom stereocenters. The van der Waals surface area contributed by atoms with Crippen molar-refractivity contribution in [3.8, 4) is 11.4 Å². The summed E-state index contributed by atoms with van der Waals surface area (Å²) in [5.74, 6) is 0.927. The predicted molar refractivity (Wildman–Crippen MR) is 166 cm³/mol. The van der Waals surface area contributed by atoms with E-state index >= 15 is 0 Å². The number of aliphatic imine (C=N–C) groups is 1. The van der Waals surface area contributed by atoms with E-state index in [1.54, 1.807) is 0 Å². The zero-order valence-corrected chi connectivity index (χ0v) is 25.4. The normalized spacial score (nSPS) is 19.0. The largest absolute Gasteiger partial charge is 0.573 e. The summed E-state index contributed by atoms with van der Waals surface area (Å²) in [5, 5.41) is 7.66. The second-order valence-corrected chi connectivity index (χ2v) is 12.2. The van der Waals surface area contributed by atoms with Crippen LogP contribution in [0.5, 0.6) is 5.75 Å². The molecule has 1 aliphatic carbocycles. The minimum Gasteiger partial charge on any atom is -0.406 e. The first-order valence-electron chi connectivity index (χ1n) is 14.3. The van der Waals surface area contributed by atoms with Crippen LogP contribution in [0, 0.1) is 6.92 Å². The number of benzene rings is 3. The van der Waals surface area contributed by atoms with E-state index in [1.165, 1.54) is 51.9 Å². The molecule has 4 aromatic rings. The predicted octanol–water partition coefficient (Wildman–Crippen LogP) is 7.54. The lowest BCUT2D eigenvalue weighted by Gasteiger charge is -2.22. The fourth-order valence-corrected chi connectivity index (χ4v) is 6.15. The molecule has 45 heavy (non-hydrogen) atoms. The number of nitrogens with one attached hydrogen (secondary N) is 1. The van der Waals surface area contributed by atoms with Gasteiger partial charge in [0.15, 0.2) is 11.0 Å². The van der Waals surface area contributed by atoms with Crippen molar-refractivity contribution in [1.82, 2.24) is 14.8 Å². The fraction of sp³-hybridized carbons (Fsp3) is 0.281. The Balaban J connectivity index is 1.08. The van der Waals surface area contributed by atoms with Gasteiger partial charge in [-0.15, -0.1) is 13.2 Å². The Labute approximate surface area is 261 Å². The minimum absolute atomic E-state index is 0.103. The molecule has 2 fully saturated rings. The summed E-state index contributed by atoms with van der Waals surface area (Å²) in [6.45, 7) is 6.08. The van der Waals surface area contributed by atoms with E-state index in [1.807, 2.05) is 49.4 Å². The molecule has 3 amide bonds. The minimum atomic E-state index is -4.75. The number of urea groups is 1. The second-order valence-electron chi connectivity index (χ2n) is 11.2. The molecule has 1 aromatic heterocycles. The van der Waals surface area contributed by atoms with Crippen molar-refractivity contribution < 1.29 is 27.5 Å². The van der Waals surface area contributed by atoms with Crippen LogP contribution in [0.4, 0.5) is 29.3 Å². The Bertz CT molecular complexity index is 1770. The number of amides is 3. The van der Waals surface area contributed by atoms with Gasteiger partial charge < -0.3 is 10.1 Å². The molecule has 1 unspecified atom stereocenters. The molecule has 1 N–H and O–H groups in total. The van der Waals surface area contributed by atoms with Gasteiger partial charge in [-0.05, 0) is 84.3 Å². The smallest absolute Gasteiger partial charge is 0.406 e. The number of carbonyl (C=O) groups is 2. The summed E-state index contributed by atoms with van der Waals surface area (Å²) in [7, 11) is 0. The summed E-state index contributed by atoms with van der Waals surface area (Å²) in [5.41, 5.74) is 4.98. The van der Waals surface area contributed by atoms with Gasteiger partial charge in [0.25, 0.3) is 0 Å². The number of carbonyl (C=O) groups excluding carboxylic acids is 2. The van der Waals surface area contributed by atoms with Crippen molar-refractivity contribution in [3.63, 3.8) is 0 Å². The van der Waals surface area contributed by atoms with Crippen molar-refractivity contribution >= 4 is 40.2 Å². The Morgan fingerprint density at radius 2 is 1.80 bits per heavy atom. The second kappa shape index (κ2) is 12.0. The van der Waals surface area contributed by atoms with Gasteiger partial charge in [0.1, 0.15) is 12.1 Å². The van der Waals surface area contributed by atoms with Crippen molar-refractivity contribution in [2.75, 3.05) is 16.0 Å². The number of halogens is 3. The number of ether oxygens (including phenoxy) is 1. The Hall–Kier alpha value is -4.65. The van der Waals surface area contributed by atoms with E-state index in [4.69, 9.17) is 0 Å². The maximum absolute atomic E-state index is 12.9. The SMILES string of the molecule is Cc1ccc(C(C)C)c(N2C(=O)CSC2=NC(=O)Nc2ccc([C@@H]3CC3c3ncn(-c4ccc(OC(F)(F)F)cc4)n3)cc2)c1. The Morgan fingerprint density at radius 1 is 1.07 bits per heavy atom. The molecular formula is C32H29F3N6O3S. The van der Waals surface area contributed by atoms with Crippen molar-refractivity contribution in [3.05, 3.63) is 95.6 Å². The van der Waals surface area contributed by atoms with Gasteiger partial charge >= 0.3 is 12.4 Å². The highest BCUT2D eigenvalue weighted by atomic mass is 32.2. The molecule has 2 aliphatic rings. The highest BCUT2D eigenvalue weighted by Crippen LogP contribution is 2.53. The van der Waals surface area contributed by atoms with Gasteiger partial charge in [-0.25, -0.2) is 14.5 Å². The first-order valence-corrected chi connectivity index (χ1v) is 15.3. The molecule has 1 saturated carbocycles. The molecule has 232 valence electrons. The highest BCUT2D eigenvalue weighted by Gasteiger charge is 2.42. The van der Waals surface area contributed by atoms with Crippen molar-refractivity contribution in [1.29, 1.82) is 0 Å². The lowest BCUT2D eigenvalue weighted by molar-refractivity contribution is -0.274. The molecule has 3 aromatic carbocycles. The lowest BCUT2D eigenvalue weighted by Crippen LogP contribution is -2.31. The zero-order chi connectivity index (χ0) is 31.9. The summed E-state index contributed by atoms with van der Waals surface area (Å²) in [6, 6.07) is 18.3. The van der Waals surface area contributed by atoms with Crippen LogP contribution < -0.4 is 15.0 Å². The van der Waals surface area contributed by atoms with Crippen LogP contribution >= 0.6 is 11.8 Å². The number of hydrogen-bond donors (Lipinski definition) is 1. The highest BCUT2D eigenvalue weighted by molar-refractivity contribution is 8.15. The van der Waals surface area contributed by atoms with Crippen LogP contribution in [0.15, 0.2) is 78.0 Å². The first-order chi connectivity index (χ1) is 21.4. The number of thioether (sulfide) groups is 1. The quantitative estimate of drug-likeness (QED) is 0.226. The Kier molecular flexibility index (Phi) is 8.12. The van der Waals surface area contributed by atoms with Crippen LogP contribution in [0.3, 0.4) is 0 Å². The standard InChI is InChI=1S/C32H29F3N6O3S/c1-18(2)24-13-4-19(3)14-27(24)41-28(42)16-45-31(41)38-30(43)37-21-7-5-20(6-8-21)25-15-26(25)29-36-17-40(39-29)22-9-11-23(12-10-22)44-32(33,34)35/h4-14,17-18,25-26H,15-16H2,1-3H3,(H,37,43)/t25-,26?/m0/s1. The summed E-state index contributed by atoms with van der Waals surface area (Å²) >= 11 is 1.24. The summed E-state index contributed by atoms with van der Waals surface area (Å²) < 4.78 is 42.7. The van der Waals surface area contributed by atoms with Crippen LogP contribution in [-0.4, -0.2) is 44.0 Å². The topological polar surface area (TPSA) is 102 Å². The molecule has 2 heterocycles. The van der Waals surface area contributed by atoms with Crippen LogP contribution in [-0.2, 0) is 4.79 Å². The number of aryl methyl sites for hydroxylation is 1. The average Bonchev–Trinajstić information content (AvgIpc) is 3.47. The van der Waals surface area contributed by atoms with Gasteiger partial charge in [-0.3, -0.25) is 9.69 Å². The fourth-order valence-electron chi connectivity index (χ4n) is 5.29. The van der Waals surface area contributed by atoms with Crippen LogP contribution in [0.2, 0.25) is 0 Å². The lowest BCUT2D eigenvalue weighted by atomic mass is 9.99. The van der Waals surface area contributed by atoms with Gasteiger partial charge in [0.05, 0.1) is 17.1 Å². The van der Waals surface area contributed by atoms with E-state index in [-0.39, 0.29) is 35.2 Å². The third kappa shape index (κ3) is 6.88. The van der Waals surface area contributed by atoms with Crippen molar-refractivity contribution in [2.45, 2.75) is 51.3 Å². The van der Waals surface area contributed by atoms with Crippen LogP contribution in [0.25, 0.3) is 5.69 Å². The number of anilines is 2. The number of aromatic nitrogens is 3. The molecule has 9 nitrogen and oxygen atoms in total. The number of nitrogens with zero attached hydrogens (tertiary/aromatic N) is 5.